The number of alkyl halides is 3. The largest absolute Gasteiger partial charge is 0.416 e. The number of thioether (sulfide) groups is 1. The molecule has 2 fully saturated rings. The molecule has 0 aromatic heterocycles. The van der Waals surface area contributed by atoms with E-state index in [1.165, 1.54) is 12.1 Å². The highest BCUT2D eigenvalue weighted by Gasteiger charge is 2.31. The molecule has 0 radical (unpaired) electrons. The van der Waals surface area contributed by atoms with Crippen LogP contribution in [0.2, 0.25) is 0 Å². The first-order chi connectivity index (χ1) is 13.9. The summed E-state index contributed by atoms with van der Waals surface area (Å²) in [5, 5.41) is 0. The maximum absolute atomic E-state index is 12.9. The van der Waals surface area contributed by atoms with E-state index in [9.17, 15) is 13.2 Å². The van der Waals surface area contributed by atoms with Gasteiger partial charge in [0.15, 0.2) is 5.96 Å². The maximum atomic E-state index is 12.9. The smallest absolute Gasteiger partial charge is 0.370 e. The number of unbranched alkanes of at least 4 members (excludes halogenated alkanes) is 1. The lowest BCUT2D eigenvalue weighted by Crippen LogP contribution is -2.46. The fourth-order valence-electron chi connectivity index (χ4n) is 3.64. The van der Waals surface area contributed by atoms with E-state index in [0.717, 1.165) is 82.8 Å². The summed E-state index contributed by atoms with van der Waals surface area (Å²) in [4.78, 5) is 11.1. The zero-order chi connectivity index (χ0) is 20.7. The van der Waals surface area contributed by atoms with Crippen LogP contribution in [-0.2, 0) is 6.18 Å². The first-order valence-corrected chi connectivity index (χ1v) is 11.4. The summed E-state index contributed by atoms with van der Waals surface area (Å²) >= 11 is 1.95. The summed E-state index contributed by atoms with van der Waals surface area (Å²) in [5.74, 6) is 2.89. The van der Waals surface area contributed by atoms with E-state index in [1.807, 2.05) is 16.7 Å². The first kappa shape index (κ1) is 25.4. The number of anilines is 1. The molecular formula is C20H31F3IN5S. The molecular weight excluding hydrogens is 526 g/mol. The van der Waals surface area contributed by atoms with E-state index >= 15 is 0 Å². The van der Waals surface area contributed by atoms with Crippen LogP contribution in [-0.4, -0.2) is 79.6 Å². The van der Waals surface area contributed by atoms with Crippen molar-refractivity contribution in [3.05, 3.63) is 29.8 Å². The van der Waals surface area contributed by atoms with Crippen LogP contribution in [0.15, 0.2) is 29.3 Å². The van der Waals surface area contributed by atoms with Crippen molar-refractivity contribution in [3.63, 3.8) is 0 Å². The SMILES string of the molecule is I.NC(=NCCCCN1CCN(c2cccc(C(F)(F)F)c2)CC1)N1CCSCC1. The molecule has 170 valence electrons. The van der Waals surface area contributed by atoms with Crippen molar-refractivity contribution in [1.82, 2.24) is 9.80 Å². The topological polar surface area (TPSA) is 48.1 Å². The standard InChI is InChI=1S/C20H30F3N5S.HI/c21-20(22,23)17-4-3-5-18(16-17)27-10-8-26(9-11-27)7-2-1-6-25-19(24)28-12-14-29-15-13-28;/h3-5,16H,1-2,6-15H2,(H2,24,25);1H. The number of nitrogens with two attached hydrogens (primary N) is 1. The van der Waals surface area contributed by atoms with E-state index in [-0.39, 0.29) is 24.0 Å². The van der Waals surface area contributed by atoms with Gasteiger partial charge in [0.2, 0.25) is 0 Å². The van der Waals surface area contributed by atoms with E-state index < -0.39 is 11.7 Å². The Morgan fingerprint density at radius 3 is 2.40 bits per heavy atom. The summed E-state index contributed by atoms with van der Waals surface area (Å²) < 4.78 is 38.7. The lowest BCUT2D eigenvalue weighted by Gasteiger charge is -2.36. The molecule has 3 rings (SSSR count). The van der Waals surface area contributed by atoms with E-state index in [4.69, 9.17) is 5.73 Å². The molecule has 2 N–H and O–H groups in total. The van der Waals surface area contributed by atoms with E-state index in [1.54, 1.807) is 6.07 Å². The van der Waals surface area contributed by atoms with Crippen molar-refractivity contribution in [2.45, 2.75) is 19.0 Å². The number of benzene rings is 1. The number of piperazine rings is 1. The molecule has 2 heterocycles. The van der Waals surface area contributed by atoms with Crippen LogP contribution in [0.1, 0.15) is 18.4 Å². The molecule has 0 unspecified atom stereocenters. The molecule has 0 bridgehead atoms. The third-order valence-corrected chi connectivity index (χ3v) is 6.34. The highest BCUT2D eigenvalue weighted by Crippen LogP contribution is 2.31. The monoisotopic (exact) mass is 557 g/mol. The van der Waals surface area contributed by atoms with E-state index in [0.29, 0.717) is 11.6 Å². The maximum Gasteiger partial charge on any atom is 0.416 e. The lowest BCUT2D eigenvalue weighted by molar-refractivity contribution is -0.137. The van der Waals surface area contributed by atoms with Crippen molar-refractivity contribution in [1.29, 1.82) is 0 Å². The van der Waals surface area contributed by atoms with Crippen LogP contribution in [0.4, 0.5) is 18.9 Å². The van der Waals surface area contributed by atoms with Gasteiger partial charge in [0.25, 0.3) is 0 Å². The normalized spacial score (nSPS) is 19.0. The van der Waals surface area contributed by atoms with Gasteiger partial charge >= 0.3 is 6.18 Å². The van der Waals surface area contributed by atoms with Crippen LogP contribution < -0.4 is 10.6 Å². The predicted molar refractivity (Wildman–Crippen MR) is 130 cm³/mol. The van der Waals surface area contributed by atoms with Gasteiger partial charge < -0.3 is 15.5 Å². The van der Waals surface area contributed by atoms with Crippen molar-refractivity contribution in [2.75, 3.05) is 68.8 Å². The quantitative estimate of drug-likeness (QED) is 0.251. The highest BCUT2D eigenvalue weighted by atomic mass is 127. The van der Waals surface area contributed by atoms with Crippen LogP contribution in [0.25, 0.3) is 0 Å². The van der Waals surface area contributed by atoms with Crippen LogP contribution in [0.3, 0.4) is 0 Å². The summed E-state index contributed by atoms with van der Waals surface area (Å²) in [6.07, 6.45) is -2.25. The molecule has 0 amide bonds. The molecule has 5 nitrogen and oxygen atoms in total. The Balaban J connectivity index is 0.00000320. The zero-order valence-corrected chi connectivity index (χ0v) is 20.3. The Morgan fingerprint density at radius 2 is 1.73 bits per heavy atom. The molecule has 2 aliphatic rings. The highest BCUT2D eigenvalue weighted by molar-refractivity contribution is 14.0. The third-order valence-electron chi connectivity index (χ3n) is 5.40. The van der Waals surface area contributed by atoms with E-state index in [2.05, 4.69) is 14.8 Å². The van der Waals surface area contributed by atoms with Crippen LogP contribution in [0.5, 0.6) is 0 Å². The molecule has 0 saturated carbocycles. The molecule has 2 saturated heterocycles. The number of hydrogen-bond acceptors (Lipinski definition) is 4. The second kappa shape index (κ2) is 12.2. The van der Waals surface area contributed by atoms with Crippen LogP contribution in [0, 0.1) is 0 Å². The molecule has 0 aliphatic carbocycles. The average molecular weight is 557 g/mol. The molecule has 10 heteroatoms. The van der Waals surface area contributed by atoms with Crippen molar-refractivity contribution in [2.24, 2.45) is 10.7 Å². The summed E-state index contributed by atoms with van der Waals surface area (Å²) in [6, 6.07) is 5.62. The lowest BCUT2D eigenvalue weighted by atomic mass is 10.1. The van der Waals surface area contributed by atoms with Crippen LogP contribution >= 0.6 is 35.7 Å². The van der Waals surface area contributed by atoms with Gasteiger partial charge in [-0.3, -0.25) is 9.89 Å². The van der Waals surface area contributed by atoms with Gasteiger partial charge in [-0.25, -0.2) is 0 Å². The minimum absolute atomic E-state index is 0. The molecule has 2 aliphatic heterocycles. The van der Waals surface area contributed by atoms with Crippen molar-refractivity contribution in [3.8, 4) is 0 Å². The Morgan fingerprint density at radius 1 is 1.03 bits per heavy atom. The number of aliphatic imine (C=N–C) groups is 1. The third kappa shape index (κ3) is 7.67. The Labute approximate surface area is 198 Å². The number of nitrogens with zero attached hydrogens (tertiary/aromatic N) is 4. The van der Waals surface area contributed by atoms with Gasteiger partial charge in [-0.15, -0.1) is 24.0 Å². The first-order valence-electron chi connectivity index (χ1n) is 10.2. The Kier molecular flexibility index (Phi) is 10.3. The molecule has 1 aromatic rings. The fraction of sp³-hybridized carbons (Fsp3) is 0.650. The van der Waals surface area contributed by atoms with Crippen molar-refractivity contribution < 1.29 is 13.2 Å². The second-order valence-corrected chi connectivity index (χ2v) is 8.65. The average Bonchev–Trinajstić information content (AvgIpc) is 2.74. The number of guanidine groups is 1. The van der Waals surface area contributed by atoms with Gasteiger partial charge in [-0.05, 0) is 37.6 Å². The van der Waals surface area contributed by atoms with Gasteiger partial charge in [0.05, 0.1) is 5.56 Å². The second-order valence-electron chi connectivity index (χ2n) is 7.42. The fourth-order valence-corrected chi connectivity index (χ4v) is 4.54. The molecule has 0 atom stereocenters. The summed E-state index contributed by atoms with van der Waals surface area (Å²) in [5.41, 5.74) is 6.13. The molecule has 0 spiro atoms. The number of hydrogen-bond donors (Lipinski definition) is 1. The number of halogens is 4. The summed E-state index contributed by atoms with van der Waals surface area (Å²) in [6.45, 7) is 6.94. The minimum atomic E-state index is -4.29. The molecule has 30 heavy (non-hydrogen) atoms. The van der Waals surface area contributed by atoms with Crippen molar-refractivity contribution >= 4 is 47.4 Å². The number of rotatable bonds is 6. The van der Waals surface area contributed by atoms with Gasteiger partial charge in [0, 0.05) is 63.0 Å². The van der Waals surface area contributed by atoms with Gasteiger partial charge in [-0.2, -0.15) is 24.9 Å². The Bertz CT molecular complexity index is 675. The minimum Gasteiger partial charge on any atom is -0.370 e. The predicted octanol–water partition coefficient (Wildman–Crippen LogP) is 3.59. The van der Waals surface area contributed by atoms with Gasteiger partial charge in [-0.1, -0.05) is 6.07 Å². The Hall–Kier alpha value is -0.880. The molecule has 1 aromatic carbocycles. The van der Waals surface area contributed by atoms with Gasteiger partial charge in [0.1, 0.15) is 0 Å². The summed E-state index contributed by atoms with van der Waals surface area (Å²) in [7, 11) is 0. The zero-order valence-electron chi connectivity index (χ0n) is 17.1.